The Morgan fingerprint density at radius 3 is 2.28 bits per heavy atom. The van der Waals surface area contributed by atoms with Crippen LogP contribution in [0.3, 0.4) is 0 Å². The first kappa shape index (κ1) is 14.8. The molecule has 0 aliphatic heterocycles. The number of para-hydroxylation sites is 1. The Hall–Kier alpha value is -1.23. The Bertz CT molecular complexity index is 397. The summed E-state index contributed by atoms with van der Waals surface area (Å²) in [5.41, 5.74) is -2.00. The summed E-state index contributed by atoms with van der Waals surface area (Å²) < 4.78 is 43.2. The Balaban J connectivity index is 2.86. The molecule has 0 radical (unpaired) electrons. The van der Waals surface area contributed by atoms with Crippen LogP contribution in [0.5, 0.6) is 5.75 Å². The van der Waals surface area contributed by atoms with Crippen molar-refractivity contribution in [1.29, 1.82) is 0 Å². The number of aliphatic hydroxyl groups is 1. The zero-order chi connectivity index (χ0) is 14.0. The summed E-state index contributed by atoms with van der Waals surface area (Å²) in [6.07, 6.45) is -4.46. The minimum atomic E-state index is -4.46. The number of hydrogen-bond donors (Lipinski definition) is 1. The summed E-state index contributed by atoms with van der Waals surface area (Å²) >= 11 is 0. The Kier molecular flexibility index (Phi) is 4.27. The van der Waals surface area contributed by atoms with Gasteiger partial charge >= 0.3 is 6.18 Å². The third-order valence-electron chi connectivity index (χ3n) is 2.96. The maximum Gasteiger partial charge on any atom is 0.419 e. The predicted molar refractivity (Wildman–Crippen MR) is 62.4 cm³/mol. The van der Waals surface area contributed by atoms with Gasteiger partial charge in [-0.1, -0.05) is 26.0 Å². The molecule has 2 nitrogen and oxygen atoms in total. The van der Waals surface area contributed by atoms with Gasteiger partial charge in [-0.2, -0.15) is 13.2 Å². The molecule has 1 rings (SSSR count). The second-order valence-electron chi connectivity index (χ2n) is 4.79. The third-order valence-corrected chi connectivity index (χ3v) is 2.96. The van der Waals surface area contributed by atoms with Crippen LogP contribution in [-0.4, -0.2) is 17.3 Å². The fourth-order valence-electron chi connectivity index (χ4n) is 1.22. The van der Waals surface area contributed by atoms with Crippen molar-refractivity contribution in [2.75, 3.05) is 6.61 Å². The molecule has 0 heterocycles. The maximum atomic E-state index is 12.7. The smallest absolute Gasteiger partial charge is 0.419 e. The lowest BCUT2D eigenvalue weighted by Crippen LogP contribution is -2.38. The SMILES string of the molecule is CC(C)C(C)(O)COc1ccccc1C(F)(F)F. The summed E-state index contributed by atoms with van der Waals surface area (Å²) in [5.74, 6) is -0.374. The molecule has 0 bridgehead atoms. The number of hydrogen-bond acceptors (Lipinski definition) is 2. The van der Waals surface area contributed by atoms with Crippen molar-refractivity contribution in [3.63, 3.8) is 0 Å². The van der Waals surface area contributed by atoms with E-state index in [9.17, 15) is 18.3 Å². The van der Waals surface area contributed by atoms with Crippen LogP contribution in [0.15, 0.2) is 24.3 Å². The van der Waals surface area contributed by atoms with E-state index in [1.54, 1.807) is 13.8 Å². The Morgan fingerprint density at radius 2 is 1.78 bits per heavy atom. The highest BCUT2D eigenvalue weighted by atomic mass is 19.4. The molecule has 0 spiro atoms. The van der Waals surface area contributed by atoms with Gasteiger partial charge in [-0.05, 0) is 25.0 Å². The van der Waals surface area contributed by atoms with Crippen LogP contribution < -0.4 is 4.74 Å². The van der Waals surface area contributed by atoms with Crippen LogP contribution in [0, 0.1) is 5.92 Å². The van der Waals surface area contributed by atoms with Gasteiger partial charge in [-0.25, -0.2) is 0 Å². The van der Waals surface area contributed by atoms with Gasteiger partial charge in [0, 0.05) is 0 Å². The molecule has 0 saturated heterocycles. The van der Waals surface area contributed by atoms with Gasteiger partial charge in [0.2, 0.25) is 0 Å². The van der Waals surface area contributed by atoms with E-state index in [1.807, 2.05) is 0 Å². The van der Waals surface area contributed by atoms with Gasteiger partial charge in [0.1, 0.15) is 12.4 Å². The lowest BCUT2D eigenvalue weighted by molar-refractivity contribution is -0.139. The number of benzene rings is 1. The van der Waals surface area contributed by atoms with Gasteiger partial charge < -0.3 is 9.84 Å². The van der Waals surface area contributed by atoms with E-state index in [2.05, 4.69) is 0 Å². The standard InChI is InChI=1S/C13H17F3O2/c1-9(2)12(3,17)8-18-11-7-5-4-6-10(11)13(14,15)16/h4-7,9,17H,8H2,1-3H3. The molecule has 0 fully saturated rings. The quantitative estimate of drug-likeness (QED) is 0.900. The highest BCUT2D eigenvalue weighted by molar-refractivity contribution is 5.35. The van der Waals surface area contributed by atoms with E-state index in [1.165, 1.54) is 25.1 Å². The molecule has 0 aromatic heterocycles. The number of rotatable bonds is 4. The second-order valence-corrected chi connectivity index (χ2v) is 4.79. The predicted octanol–water partition coefficient (Wildman–Crippen LogP) is 3.49. The van der Waals surface area contributed by atoms with Crippen molar-refractivity contribution in [2.45, 2.75) is 32.5 Å². The van der Waals surface area contributed by atoms with Gasteiger partial charge in [-0.3, -0.25) is 0 Å². The van der Waals surface area contributed by atoms with E-state index < -0.39 is 17.3 Å². The minimum Gasteiger partial charge on any atom is -0.490 e. The number of alkyl halides is 3. The molecule has 5 heteroatoms. The molecule has 1 unspecified atom stereocenters. The zero-order valence-electron chi connectivity index (χ0n) is 10.6. The summed E-state index contributed by atoms with van der Waals surface area (Å²) in [6.45, 7) is 4.91. The zero-order valence-corrected chi connectivity index (χ0v) is 10.6. The average Bonchev–Trinajstić information content (AvgIpc) is 2.25. The molecular formula is C13H17F3O2. The average molecular weight is 262 g/mol. The van der Waals surface area contributed by atoms with Crippen LogP contribution in [0.2, 0.25) is 0 Å². The van der Waals surface area contributed by atoms with E-state index >= 15 is 0 Å². The van der Waals surface area contributed by atoms with Crippen LogP contribution in [0.1, 0.15) is 26.3 Å². The van der Waals surface area contributed by atoms with Crippen molar-refractivity contribution >= 4 is 0 Å². The Morgan fingerprint density at radius 1 is 1.22 bits per heavy atom. The molecule has 102 valence electrons. The maximum absolute atomic E-state index is 12.7. The first-order chi connectivity index (χ1) is 8.14. The summed E-state index contributed by atoms with van der Waals surface area (Å²) in [6, 6.07) is 4.98. The van der Waals surface area contributed by atoms with E-state index in [0.717, 1.165) is 6.07 Å². The topological polar surface area (TPSA) is 29.5 Å². The highest BCUT2D eigenvalue weighted by Crippen LogP contribution is 2.36. The van der Waals surface area contributed by atoms with Crippen LogP contribution in [0.25, 0.3) is 0 Å². The molecule has 0 aliphatic rings. The third kappa shape index (κ3) is 3.63. The van der Waals surface area contributed by atoms with Crippen molar-refractivity contribution in [2.24, 2.45) is 5.92 Å². The molecule has 1 aromatic carbocycles. The minimum absolute atomic E-state index is 0.115. The van der Waals surface area contributed by atoms with Crippen LogP contribution in [-0.2, 0) is 6.18 Å². The van der Waals surface area contributed by atoms with E-state index in [0.29, 0.717) is 0 Å². The number of ether oxygens (including phenoxy) is 1. The molecule has 0 amide bonds. The Labute approximate surface area is 104 Å². The molecule has 0 saturated carbocycles. The molecule has 1 atom stereocenters. The van der Waals surface area contributed by atoms with Gasteiger partial charge in [0.25, 0.3) is 0 Å². The molecule has 1 N–H and O–H groups in total. The molecule has 0 aliphatic carbocycles. The van der Waals surface area contributed by atoms with Crippen molar-refractivity contribution in [3.8, 4) is 5.75 Å². The van der Waals surface area contributed by atoms with Crippen LogP contribution >= 0.6 is 0 Å². The number of halogens is 3. The fourth-order valence-corrected chi connectivity index (χ4v) is 1.22. The van der Waals surface area contributed by atoms with Crippen LogP contribution in [0.4, 0.5) is 13.2 Å². The van der Waals surface area contributed by atoms with Crippen molar-refractivity contribution in [1.82, 2.24) is 0 Å². The first-order valence-corrected chi connectivity index (χ1v) is 5.66. The van der Waals surface area contributed by atoms with Gasteiger partial charge in [0.15, 0.2) is 0 Å². The van der Waals surface area contributed by atoms with Gasteiger partial charge in [-0.15, -0.1) is 0 Å². The van der Waals surface area contributed by atoms with E-state index in [-0.39, 0.29) is 18.3 Å². The lowest BCUT2D eigenvalue weighted by atomic mass is 9.94. The molecular weight excluding hydrogens is 245 g/mol. The second kappa shape index (κ2) is 5.18. The van der Waals surface area contributed by atoms with Gasteiger partial charge in [0.05, 0.1) is 11.2 Å². The highest BCUT2D eigenvalue weighted by Gasteiger charge is 2.35. The molecule has 1 aromatic rings. The monoisotopic (exact) mass is 262 g/mol. The summed E-state index contributed by atoms with van der Waals surface area (Å²) in [5, 5.41) is 9.94. The largest absolute Gasteiger partial charge is 0.490 e. The van der Waals surface area contributed by atoms with Crippen molar-refractivity contribution < 1.29 is 23.0 Å². The fraction of sp³-hybridized carbons (Fsp3) is 0.538. The lowest BCUT2D eigenvalue weighted by Gasteiger charge is -2.28. The first-order valence-electron chi connectivity index (χ1n) is 5.66. The normalized spacial score (nSPS) is 15.6. The van der Waals surface area contributed by atoms with E-state index in [4.69, 9.17) is 4.74 Å². The summed E-state index contributed by atoms with van der Waals surface area (Å²) in [7, 11) is 0. The molecule has 18 heavy (non-hydrogen) atoms. The summed E-state index contributed by atoms with van der Waals surface area (Å²) in [4.78, 5) is 0. The van der Waals surface area contributed by atoms with Crippen molar-refractivity contribution in [3.05, 3.63) is 29.8 Å².